The quantitative estimate of drug-likeness (QED) is 0.629. The van der Waals surface area contributed by atoms with E-state index in [2.05, 4.69) is 20.9 Å². The minimum absolute atomic E-state index is 0.175. The van der Waals surface area contributed by atoms with E-state index in [-0.39, 0.29) is 23.6 Å². The number of fused-ring (bicyclic) bond motifs is 1. The van der Waals surface area contributed by atoms with Crippen LogP contribution in [-0.2, 0) is 20.8 Å². The minimum Gasteiger partial charge on any atom is -0.343 e. The molecule has 164 valence electrons. The van der Waals surface area contributed by atoms with Crippen LogP contribution >= 0.6 is 0 Å². The predicted octanol–water partition coefficient (Wildman–Crippen LogP) is 1.73. The number of carbonyl (C=O) groups excluding carboxylic acids is 3. The highest BCUT2D eigenvalue weighted by Crippen LogP contribution is 2.32. The van der Waals surface area contributed by atoms with Crippen LogP contribution in [0, 0.1) is 5.92 Å². The zero-order valence-corrected chi connectivity index (χ0v) is 18.3. The lowest BCUT2D eigenvalue weighted by Crippen LogP contribution is -2.57. The number of amides is 3. The van der Waals surface area contributed by atoms with E-state index < -0.39 is 18.1 Å². The van der Waals surface area contributed by atoms with Crippen molar-refractivity contribution in [3.05, 3.63) is 54.2 Å². The normalized spacial score (nSPS) is 17.1. The molecule has 3 amide bonds. The van der Waals surface area contributed by atoms with E-state index in [1.807, 2.05) is 38.1 Å². The van der Waals surface area contributed by atoms with E-state index in [4.69, 9.17) is 0 Å². The lowest BCUT2D eigenvalue weighted by molar-refractivity contribution is -0.130. The van der Waals surface area contributed by atoms with Gasteiger partial charge in [0.2, 0.25) is 11.8 Å². The Morgan fingerprint density at radius 2 is 1.77 bits per heavy atom. The number of para-hydroxylation sites is 1. The third-order valence-electron chi connectivity index (χ3n) is 5.46. The Labute approximate surface area is 182 Å². The number of nitrogens with one attached hydrogen (secondary N) is 3. The molecule has 0 fully saturated rings. The number of aromatic nitrogens is 1. The highest BCUT2D eigenvalue weighted by atomic mass is 16.2. The Hall–Kier alpha value is -3.26. The van der Waals surface area contributed by atoms with Crippen molar-refractivity contribution in [1.82, 2.24) is 15.6 Å². The van der Waals surface area contributed by atoms with Gasteiger partial charge in [0, 0.05) is 18.3 Å². The predicted molar refractivity (Wildman–Crippen MR) is 120 cm³/mol. The van der Waals surface area contributed by atoms with Crippen LogP contribution in [0.5, 0.6) is 0 Å². The molecule has 31 heavy (non-hydrogen) atoms. The fourth-order valence-electron chi connectivity index (χ4n) is 3.54. The average Bonchev–Trinajstić information content (AvgIpc) is 3.16. The largest absolute Gasteiger partial charge is 0.343 e. The summed E-state index contributed by atoms with van der Waals surface area (Å²) in [6.07, 6.45) is 1.96. The first-order valence-corrected chi connectivity index (χ1v) is 10.4. The molecule has 2 heterocycles. The summed E-state index contributed by atoms with van der Waals surface area (Å²) in [6, 6.07) is 10.8. The molecule has 8 nitrogen and oxygen atoms in total. The number of rotatable bonds is 7. The van der Waals surface area contributed by atoms with Crippen LogP contribution in [0.1, 0.15) is 26.3 Å². The van der Waals surface area contributed by atoms with Crippen LogP contribution in [-0.4, -0.2) is 47.9 Å². The van der Waals surface area contributed by atoms with Gasteiger partial charge < -0.3 is 16.0 Å². The van der Waals surface area contributed by atoms with E-state index in [1.165, 1.54) is 4.90 Å². The van der Waals surface area contributed by atoms with E-state index in [9.17, 15) is 14.4 Å². The van der Waals surface area contributed by atoms with Crippen molar-refractivity contribution in [2.24, 2.45) is 5.92 Å². The topological polar surface area (TPSA) is 103 Å². The van der Waals surface area contributed by atoms with Crippen LogP contribution in [0.25, 0.3) is 0 Å². The molecule has 1 aliphatic rings. The number of hydrogen-bond acceptors (Lipinski definition) is 5. The van der Waals surface area contributed by atoms with Gasteiger partial charge in [0.15, 0.2) is 0 Å². The molecule has 1 aromatic heterocycles. The number of likely N-dealkylation sites (N-methyl/N-ethyl adjacent to an activating group) is 1. The Balaban J connectivity index is 1.90. The van der Waals surface area contributed by atoms with Crippen molar-refractivity contribution < 1.29 is 14.4 Å². The molecule has 0 spiro atoms. The standard InChI is InChI=1S/C23H29N5O3/c1-14(2)19(27-21(29)15(3)24-4)23(31)28-18(13-16-9-8-12-25-20(16)28)22(30)26-17-10-6-5-7-11-17/h5-12,14-15,18-19,24H,13H2,1-4H3,(H,26,30)(H,27,29)/t15-,18-,19-/m0/s1. The third kappa shape index (κ3) is 4.91. The summed E-state index contributed by atoms with van der Waals surface area (Å²) >= 11 is 0. The Morgan fingerprint density at radius 1 is 1.06 bits per heavy atom. The van der Waals surface area contributed by atoms with Crippen LogP contribution in [0.2, 0.25) is 0 Å². The monoisotopic (exact) mass is 423 g/mol. The van der Waals surface area contributed by atoms with Crippen molar-refractivity contribution >= 4 is 29.2 Å². The third-order valence-corrected chi connectivity index (χ3v) is 5.46. The smallest absolute Gasteiger partial charge is 0.251 e. The van der Waals surface area contributed by atoms with Crippen LogP contribution in [0.15, 0.2) is 48.7 Å². The van der Waals surface area contributed by atoms with Gasteiger partial charge in [-0.3, -0.25) is 19.3 Å². The maximum absolute atomic E-state index is 13.6. The second kappa shape index (κ2) is 9.70. The summed E-state index contributed by atoms with van der Waals surface area (Å²) in [5.74, 6) is -0.638. The highest BCUT2D eigenvalue weighted by molar-refractivity contribution is 6.09. The van der Waals surface area contributed by atoms with Crippen molar-refractivity contribution in [3.63, 3.8) is 0 Å². The maximum Gasteiger partial charge on any atom is 0.251 e. The zero-order chi connectivity index (χ0) is 22.5. The van der Waals surface area contributed by atoms with Crippen LogP contribution in [0.3, 0.4) is 0 Å². The number of carbonyl (C=O) groups is 3. The number of hydrogen-bond donors (Lipinski definition) is 3. The summed E-state index contributed by atoms with van der Waals surface area (Å²) in [6.45, 7) is 5.45. The molecule has 8 heteroatoms. The van der Waals surface area contributed by atoms with E-state index in [1.54, 1.807) is 38.4 Å². The van der Waals surface area contributed by atoms with Gasteiger partial charge in [0.05, 0.1) is 6.04 Å². The molecule has 1 aromatic carbocycles. The molecule has 0 radical (unpaired) electrons. The molecule has 0 saturated carbocycles. The van der Waals surface area contributed by atoms with Gasteiger partial charge in [0.25, 0.3) is 5.91 Å². The summed E-state index contributed by atoms with van der Waals surface area (Å²) in [5, 5.41) is 8.59. The number of anilines is 2. The second-order valence-electron chi connectivity index (χ2n) is 8.01. The minimum atomic E-state index is -0.789. The maximum atomic E-state index is 13.6. The van der Waals surface area contributed by atoms with Gasteiger partial charge in [0.1, 0.15) is 17.9 Å². The van der Waals surface area contributed by atoms with Crippen molar-refractivity contribution in [1.29, 1.82) is 0 Å². The molecule has 3 rings (SSSR count). The van der Waals surface area contributed by atoms with E-state index in [0.717, 1.165) is 5.56 Å². The molecule has 0 unspecified atom stereocenters. The Morgan fingerprint density at radius 3 is 2.42 bits per heavy atom. The SMILES string of the molecule is CN[C@@H](C)C(=O)N[C@H](C(=O)N1c2ncccc2C[C@H]1C(=O)Nc1ccccc1)C(C)C. The molecule has 3 N–H and O–H groups in total. The number of benzene rings is 1. The van der Waals surface area contributed by atoms with Gasteiger partial charge in [-0.05, 0) is 43.7 Å². The fraction of sp³-hybridized carbons (Fsp3) is 0.391. The number of nitrogens with zero attached hydrogens (tertiary/aromatic N) is 2. The molecule has 2 aromatic rings. The Bertz CT molecular complexity index is 947. The molecule has 0 aliphatic carbocycles. The first-order chi connectivity index (χ1) is 14.8. The van der Waals surface area contributed by atoms with Gasteiger partial charge in [-0.25, -0.2) is 4.98 Å². The van der Waals surface area contributed by atoms with E-state index in [0.29, 0.717) is 17.9 Å². The van der Waals surface area contributed by atoms with E-state index >= 15 is 0 Å². The van der Waals surface area contributed by atoms with Gasteiger partial charge in [-0.2, -0.15) is 0 Å². The molecule has 3 atom stereocenters. The average molecular weight is 424 g/mol. The highest BCUT2D eigenvalue weighted by Gasteiger charge is 2.43. The first-order valence-electron chi connectivity index (χ1n) is 10.4. The Kier molecular flexibility index (Phi) is 7.02. The lowest BCUT2D eigenvalue weighted by atomic mass is 10.0. The van der Waals surface area contributed by atoms with Gasteiger partial charge in [-0.15, -0.1) is 0 Å². The second-order valence-corrected chi connectivity index (χ2v) is 8.01. The summed E-state index contributed by atoms with van der Waals surface area (Å²) in [5.41, 5.74) is 1.47. The van der Waals surface area contributed by atoms with Gasteiger partial charge in [-0.1, -0.05) is 38.1 Å². The first kappa shape index (κ1) is 22.4. The number of pyridine rings is 1. The van der Waals surface area contributed by atoms with Crippen LogP contribution in [0.4, 0.5) is 11.5 Å². The molecule has 0 bridgehead atoms. The summed E-state index contributed by atoms with van der Waals surface area (Å²) in [7, 11) is 1.68. The molecular weight excluding hydrogens is 394 g/mol. The molecular formula is C23H29N5O3. The van der Waals surface area contributed by atoms with Crippen molar-refractivity contribution in [2.75, 3.05) is 17.3 Å². The summed E-state index contributed by atoms with van der Waals surface area (Å²) < 4.78 is 0. The zero-order valence-electron chi connectivity index (χ0n) is 18.3. The van der Waals surface area contributed by atoms with Crippen LogP contribution < -0.4 is 20.9 Å². The summed E-state index contributed by atoms with van der Waals surface area (Å²) in [4.78, 5) is 45.0. The van der Waals surface area contributed by atoms with Gasteiger partial charge >= 0.3 is 0 Å². The molecule has 0 saturated heterocycles. The fourth-order valence-corrected chi connectivity index (χ4v) is 3.54. The molecule has 1 aliphatic heterocycles. The van der Waals surface area contributed by atoms with Crippen molar-refractivity contribution in [2.45, 2.75) is 45.3 Å². The lowest BCUT2D eigenvalue weighted by Gasteiger charge is -2.31. The van der Waals surface area contributed by atoms with Crippen molar-refractivity contribution in [3.8, 4) is 0 Å².